The lowest BCUT2D eigenvalue weighted by Crippen LogP contribution is -2.25. The Morgan fingerprint density at radius 2 is 1.90 bits per heavy atom. The van der Waals surface area contributed by atoms with Crippen molar-refractivity contribution in [3.8, 4) is 0 Å². The number of fused-ring (bicyclic) bond motifs is 1. The minimum Gasteiger partial charge on any atom is -0.342 e. The van der Waals surface area contributed by atoms with Gasteiger partial charge in [0.2, 0.25) is 0 Å². The van der Waals surface area contributed by atoms with Gasteiger partial charge >= 0.3 is 0 Å². The van der Waals surface area contributed by atoms with Crippen molar-refractivity contribution in [2.24, 2.45) is 17.1 Å². The third-order valence-corrected chi connectivity index (χ3v) is 5.17. The van der Waals surface area contributed by atoms with E-state index in [1.807, 2.05) is 0 Å². The lowest BCUT2D eigenvalue weighted by Gasteiger charge is -2.36. The van der Waals surface area contributed by atoms with E-state index in [2.05, 4.69) is 44.0 Å². The van der Waals surface area contributed by atoms with Crippen LogP contribution in [-0.2, 0) is 6.54 Å². The van der Waals surface area contributed by atoms with Crippen LogP contribution in [0.4, 0.5) is 0 Å². The van der Waals surface area contributed by atoms with E-state index in [9.17, 15) is 0 Å². The number of hydrogen-bond acceptors (Lipinski definition) is 2. The summed E-state index contributed by atoms with van der Waals surface area (Å²) in [7, 11) is 0. The maximum atomic E-state index is 5.82. The van der Waals surface area contributed by atoms with E-state index in [4.69, 9.17) is 10.7 Å². The van der Waals surface area contributed by atoms with E-state index < -0.39 is 0 Å². The number of hydrogen-bond donors (Lipinski definition) is 2. The van der Waals surface area contributed by atoms with Gasteiger partial charge in [0, 0.05) is 12.5 Å². The molecule has 1 aliphatic carbocycles. The number of imidazole rings is 1. The standard InChI is InChI=1S/C18H27N3/c1-18(2,3)14-9-7-12(8-10-14)17-20-15-6-4-5-13(11-19)16(15)21-17/h4-6,12,14H,7-11,19H2,1-3H3,(H,20,21). The fourth-order valence-corrected chi connectivity index (χ4v) is 3.70. The SMILES string of the molecule is CC(C)(C)C1CCC(c2nc3c(CN)cccc3[nH]2)CC1. The fourth-order valence-electron chi connectivity index (χ4n) is 3.70. The first kappa shape index (κ1) is 14.6. The van der Waals surface area contributed by atoms with Gasteiger partial charge in [-0.1, -0.05) is 32.9 Å². The highest BCUT2D eigenvalue weighted by Crippen LogP contribution is 2.42. The lowest BCUT2D eigenvalue weighted by atomic mass is 9.70. The summed E-state index contributed by atoms with van der Waals surface area (Å²) < 4.78 is 0. The number of rotatable bonds is 2. The summed E-state index contributed by atoms with van der Waals surface area (Å²) in [5, 5.41) is 0. The van der Waals surface area contributed by atoms with Crippen molar-refractivity contribution in [1.29, 1.82) is 0 Å². The van der Waals surface area contributed by atoms with Crippen LogP contribution in [-0.4, -0.2) is 9.97 Å². The minimum atomic E-state index is 0.436. The first-order chi connectivity index (χ1) is 9.99. The normalized spacial score (nSPS) is 23.6. The molecule has 1 aromatic carbocycles. The summed E-state index contributed by atoms with van der Waals surface area (Å²) in [6.45, 7) is 7.66. The molecule has 1 saturated carbocycles. The van der Waals surface area contributed by atoms with Crippen LogP contribution in [0, 0.1) is 11.3 Å². The van der Waals surface area contributed by atoms with Crippen LogP contribution in [0.2, 0.25) is 0 Å². The Kier molecular flexibility index (Phi) is 3.78. The average Bonchev–Trinajstić information content (AvgIpc) is 2.90. The van der Waals surface area contributed by atoms with Gasteiger partial charge in [-0.05, 0) is 48.6 Å². The first-order valence-corrected chi connectivity index (χ1v) is 8.16. The predicted octanol–water partition coefficient (Wildman–Crippen LogP) is 4.34. The summed E-state index contributed by atoms with van der Waals surface area (Å²) in [5.74, 6) is 2.60. The second-order valence-corrected chi connectivity index (χ2v) is 7.55. The summed E-state index contributed by atoms with van der Waals surface area (Å²) in [6, 6.07) is 6.23. The Balaban J connectivity index is 1.80. The van der Waals surface area contributed by atoms with Crippen LogP contribution in [0.1, 0.15) is 63.8 Å². The summed E-state index contributed by atoms with van der Waals surface area (Å²) in [5.41, 5.74) is 9.58. The molecule has 3 heteroatoms. The number of nitrogens with zero attached hydrogens (tertiary/aromatic N) is 1. The molecule has 21 heavy (non-hydrogen) atoms. The molecule has 0 unspecified atom stereocenters. The van der Waals surface area contributed by atoms with Crippen LogP contribution in [0.25, 0.3) is 11.0 Å². The molecule has 2 aromatic rings. The number of benzene rings is 1. The second-order valence-electron chi connectivity index (χ2n) is 7.55. The van der Waals surface area contributed by atoms with Gasteiger partial charge in [-0.25, -0.2) is 4.98 Å². The molecule has 3 nitrogen and oxygen atoms in total. The average molecular weight is 285 g/mol. The van der Waals surface area contributed by atoms with Crippen molar-refractivity contribution in [3.63, 3.8) is 0 Å². The van der Waals surface area contributed by atoms with Crippen molar-refractivity contribution in [1.82, 2.24) is 9.97 Å². The van der Waals surface area contributed by atoms with Gasteiger partial charge in [0.15, 0.2) is 0 Å². The van der Waals surface area contributed by atoms with Crippen LogP contribution < -0.4 is 5.73 Å². The molecule has 0 atom stereocenters. The van der Waals surface area contributed by atoms with Gasteiger partial charge in [0.25, 0.3) is 0 Å². The van der Waals surface area contributed by atoms with Gasteiger partial charge < -0.3 is 10.7 Å². The molecule has 0 aliphatic heterocycles. The number of nitrogens with two attached hydrogens (primary N) is 1. The topological polar surface area (TPSA) is 54.7 Å². The van der Waals surface area contributed by atoms with E-state index in [-0.39, 0.29) is 0 Å². The minimum absolute atomic E-state index is 0.436. The van der Waals surface area contributed by atoms with Crippen LogP contribution in [0.5, 0.6) is 0 Å². The van der Waals surface area contributed by atoms with Crippen LogP contribution in [0.15, 0.2) is 18.2 Å². The smallest absolute Gasteiger partial charge is 0.110 e. The third kappa shape index (κ3) is 2.84. The molecular weight excluding hydrogens is 258 g/mol. The number of aromatic amines is 1. The Morgan fingerprint density at radius 3 is 2.52 bits per heavy atom. The molecule has 0 spiro atoms. The zero-order chi connectivity index (χ0) is 15.0. The van der Waals surface area contributed by atoms with Crippen molar-refractivity contribution < 1.29 is 0 Å². The van der Waals surface area contributed by atoms with Crippen molar-refractivity contribution >= 4 is 11.0 Å². The van der Waals surface area contributed by atoms with E-state index >= 15 is 0 Å². The molecule has 1 aliphatic rings. The molecule has 1 heterocycles. The Hall–Kier alpha value is -1.35. The molecule has 1 fully saturated rings. The Bertz CT molecular complexity index is 613. The third-order valence-electron chi connectivity index (χ3n) is 5.17. The second kappa shape index (κ2) is 5.45. The molecule has 3 N–H and O–H groups in total. The maximum absolute atomic E-state index is 5.82. The number of H-pyrrole nitrogens is 1. The van der Waals surface area contributed by atoms with Gasteiger partial charge in [0.1, 0.15) is 5.82 Å². The van der Waals surface area contributed by atoms with Gasteiger partial charge in [-0.15, -0.1) is 0 Å². The van der Waals surface area contributed by atoms with E-state index in [1.54, 1.807) is 0 Å². The zero-order valence-corrected chi connectivity index (χ0v) is 13.4. The number of para-hydroxylation sites is 1. The largest absolute Gasteiger partial charge is 0.342 e. The Morgan fingerprint density at radius 1 is 1.19 bits per heavy atom. The summed E-state index contributed by atoms with van der Waals surface area (Å²) in [6.07, 6.45) is 5.13. The highest BCUT2D eigenvalue weighted by atomic mass is 14.9. The van der Waals surface area contributed by atoms with Gasteiger partial charge in [0.05, 0.1) is 11.0 Å². The fraction of sp³-hybridized carbons (Fsp3) is 0.611. The van der Waals surface area contributed by atoms with Crippen molar-refractivity contribution in [3.05, 3.63) is 29.6 Å². The molecule has 0 radical (unpaired) electrons. The molecule has 3 rings (SSSR count). The molecule has 0 saturated heterocycles. The van der Waals surface area contributed by atoms with E-state index in [0.29, 0.717) is 17.9 Å². The number of nitrogens with one attached hydrogen (secondary N) is 1. The molecule has 114 valence electrons. The summed E-state index contributed by atoms with van der Waals surface area (Å²) in [4.78, 5) is 8.39. The van der Waals surface area contributed by atoms with E-state index in [1.165, 1.54) is 31.5 Å². The van der Waals surface area contributed by atoms with Crippen molar-refractivity contribution in [2.75, 3.05) is 0 Å². The maximum Gasteiger partial charge on any atom is 0.110 e. The van der Waals surface area contributed by atoms with Crippen molar-refractivity contribution in [2.45, 2.75) is 58.9 Å². The highest BCUT2D eigenvalue weighted by molar-refractivity contribution is 5.78. The van der Waals surface area contributed by atoms with Crippen LogP contribution >= 0.6 is 0 Å². The molecule has 1 aromatic heterocycles. The highest BCUT2D eigenvalue weighted by Gasteiger charge is 2.31. The molecule has 0 amide bonds. The van der Waals surface area contributed by atoms with E-state index in [0.717, 1.165) is 22.5 Å². The molecular formula is C18H27N3. The predicted molar refractivity (Wildman–Crippen MR) is 88.1 cm³/mol. The van der Waals surface area contributed by atoms with Gasteiger partial charge in [-0.3, -0.25) is 0 Å². The van der Waals surface area contributed by atoms with Gasteiger partial charge in [-0.2, -0.15) is 0 Å². The Labute approximate surface area is 127 Å². The first-order valence-electron chi connectivity index (χ1n) is 8.16. The quantitative estimate of drug-likeness (QED) is 0.862. The lowest BCUT2D eigenvalue weighted by molar-refractivity contribution is 0.167. The zero-order valence-electron chi connectivity index (χ0n) is 13.4. The number of aromatic nitrogens is 2. The molecule has 0 bridgehead atoms. The monoisotopic (exact) mass is 285 g/mol. The summed E-state index contributed by atoms with van der Waals surface area (Å²) >= 11 is 0. The van der Waals surface area contributed by atoms with Crippen LogP contribution in [0.3, 0.4) is 0 Å².